The molecule has 0 aliphatic carbocycles. The molecule has 1 aromatic heterocycles. The molecule has 0 saturated carbocycles. The van der Waals surface area contributed by atoms with Crippen LogP contribution < -0.4 is 5.73 Å². The summed E-state index contributed by atoms with van der Waals surface area (Å²) in [7, 11) is 0. The maximum atomic E-state index is 12.6. The molecule has 2 rings (SSSR count). The fourth-order valence-corrected chi connectivity index (χ4v) is 3.58. The van der Waals surface area contributed by atoms with E-state index in [0.29, 0.717) is 12.5 Å². The van der Waals surface area contributed by atoms with Crippen molar-refractivity contribution in [3.05, 3.63) is 21.9 Å². The fourth-order valence-electron chi connectivity index (χ4n) is 2.83. The Morgan fingerprint density at radius 3 is 3.00 bits per heavy atom. The highest BCUT2D eigenvalue weighted by Gasteiger charge is 2.23. The lowest BCUT2D eigenvalue weighted by molar-refractivity contribution is 0.0759. The Kier molecular flexibility index (Phi) is 5.84. The molecule has 3 nitrogen and oxygen atoms in total. The maximum absolute atomic E-state index is 12.6. The lowest BCUT2D eigenvalue weighted by Crippen LogP contribution is -2.31. The Bertz CT molecular complexity index is 538. The van der Waals surface area contributed by atoms with Crippen LogP contribution >= 0.6 is 11.3 Å². The first-order valence-corrected chi connectivity index (χ1v) is 8.56. The topological polar surface area (TPSA) is 46.3 Å². The smallest absolute Gasteiger partial charge is 0.254 e. The number of rotatable bonds is 2. The summed E-state index contributed by atoms with van der Waals surface area (Å²) in [6, 6.07) is 1.89. The van der Waals surface area contributed by atoms with Gasteiger partial charge in [-0.25, -0.2) is 0 Å². The third-order valence-corrected chi connectivity index (χ3v) is 5.01. The maximum Gasteiger partial charge on any atom is 0.254 e. The summed E-state index contributed by atoms with van der Waals surface area (Å²) < 4.78 is 0. The minimum Gasteiger partial charge on any atom is -0.339 e. The summed E-state index contributed by atoms with van der Waals surface area (Å²) >= 11 is 1.52. The summed E-state index contributed by atoms with van der Waals surface area (Å²) in [6.45, 7) is 6.67. The first kappa shape index (κ1) is 16.1. The molecule has 0 bridgehead atoms. The van der Waals surface area contributed by atoms with E-state index in [4.69, 9.17) is 5.73 Å². The zero-order valence-electron chi connectivity index (χ0n) is 12.9. The minimum atomic E-state index is 0.149. The van der Waals surface area contributed by atoms with Gasteiger partial charge in [0.2, 0.25) is 0 Å². The van der Waals surface area contributed by atoms with Gasteiger partial charge in [-0.15, -0.1) is 11.3 Å². The predicted molar refractivity (Wildman–Crippen MR) is 88.3 cm³/mol. The van der Waals surface area contributed by atoms with Crippen LogP contribution in [0, 0.1) is 23.7 Å². The summed E-state index contributed by atoms with van der Waals surface area (Å²) in [5, 5.41) is 1.91. The van der Waals surface area contributed by atoms with Crippen LogP contribution in [0.25, 0.3) is 0 Å². The van der Waals surface area contributed by atoms with E-state index in [2.05, 4.69) is 25.7 Å². The van der Waals surface area contributed by atoms with Crippen molar-refractivity contribution in [2.45, 2.75) is 33.1 Å². The van der Waals surface area contributed by atoms with E-state index in [1.165, 1.54) is 17.8 Å². The molecule has 0 aromatic carbocycles. The Balaban J connectivity index is 2.01. The van der Waals surface area contributed by atoms with Crippen molar-refractivity contribution in [3.63, 3.8) is 0 Å². The molecule has 1 unspecified atom stereocenters. The van der Waals surface area contributed by atoms with Crippen LogP contribution in [0.3, 0.4) is 0 Å². The van der Waals surface area contributed by atoms with E-state index in [0.717, 1.165) is 42.3 Å². The number of amides is 1. The highest BCUT2D eigenvalue weighted by molar-refractivity contribution is 7.10. The molecule has 1 amide bonds. The van der Waals surface area contributed by atoms with E-state index < -0.39 is 0 Å². The first-order valence-electron chi connectivity index (χ1n) is 7.68. The molecule has 2 N–H and O–H groups in total. The van der Waals surface area contributed by atoms with Crippen molar-refractivity contribution in [1.82, 2.24) is 4.90 Å². The number of likely N-dealkylation sites (tertiary alicyclic amines) is 1. The van der Waals surface area contributed by atoms with Gasteiger partial charge in [-0.3, -0.25) is 4.79 Å². The quantitative estimate of drug-likeness (QED) is 0.854. The van der Waals surface area contributed by atoms with Gasteiger partial charge in [0.15, 0.2) is 0 Å². The molecule has 0 spiro atoms. The van der Waals surface area contributed by atoms with Crippen LogP contribution in [0.2, 0.25) is 0 Å². The van der Waals surface area contributed by atoms with Gasteiger partial charge in [0, 0.05) is 18.5 Å². The fraction of sp³-hybridized carbons (Fsp3) is 0.588. The van der Waals surface area contributed by atoms with Gasteiger partial charge < -0.3 is 10.6 Å². The number of hydrogen-bond acceptors (Lipinski definition) is 3. The van der Waals surface area contributed by atoms with Crippen LogP contribution in [0.15, 0.2) is 11.4 Å². The van der Waals surface area contributed by atoms with Crippen molar-refractivity contribution in [1.29, 1.82) is 0 Å². The van der Waals surface area contributed by atoms with E-state index in [1.807, 2.05) is 16.3 Å². The van der Waals surface area contributed by atoms with Gasteiger partial charge in [-0.2, -0.15) is 0 Å². The summed E-state index contributed by atoms with van der Waals surface area (Å²) in [5.41, 5.74) is 6.14. The summed E-state index contributed by atoms with van der Waals surface area (Å²) in [5.74, 6) is 7.42. The highest BCUT2D eigenvalue weighted by atomic mass is 32.1. The molecule has 1 aliphatic heterocycles. The van der Waals surface area contributed by atoms with Crippen molar-refractivity contribution in [2.75, 3.05) is 19.6 Å². The molecule has 114 valence electrons. The molecule has 0 radical (unpaired) electrons. The van der Waals surface area contributed by atoms with Crippen LogP contribution in [0.1, 0.15) is 48.3 Å². The second kappa shape index (κ2) is 7.63. The van der Waals surface area contributed by atoms with Crippen LogP contribution in [0.4, 0.5) is 0 Å². The molecule has 4 heteroatoms. The van der Waals surface area contributed by atoms with Gasteiger partial charge in [0.1, 0.15) is 0 Å². The van der Waals surface area contributed by atoms with Gasteiger partial charge in [0.25, 0.3) is 5.91 Å². The van der Waals surface area contributed by atoms with E-state index in [9.17, 15) is 4.79 Å². The summed E-state index contributed by atoms with van der Waals surface area (Å²) in [6.07, 6.45) is 3.46. The van der Waals surface area contributed by atoms with E-state index >= 15 is 0 Å². The highest BCUT2D eigenvalue weighted by Crippen LogP contribution is 2.25. The Morgan fingerprint density at radius 1 is 1.48 bits per heavy atom. The van der Waals surface area contributed by atoms with Gasteiger partial charge in [-0.1, -0.05) is 25.7 Å². The zero-order valence-corrected chi connectivity index (χ0v) is 13.7. The molecule has 21 heavy (non-hydrogen) atoms. The average Bonchev–Trinajstić information content (AvgIpc) is 2.79. The molecule has 1 aromatic rings. The number of nitrogens with zero attached hydrogens (tertiary/aromatic N) is 1. The zero-order chi connectivity index (χ0) is 15.2. The third kappa shape index (κ3) is 4.33. The molecule has 1 atom stereocenters. The average molecular weight is 304 g/mol. The van der Waals surface area contributed by atoms with Crippen molar-refractivity contribution >= 4 is 17.2 Å². The van der Waals surface area contributed by atoms with Gasteiger partial charge in [0.05, 0.1) is 17.0 Å². The molecule has 2 heterocycles. The largest absolute Gasteiger partial charge is 0.339 e. The van der Waals surface area contributed by atoms with Crippen LogP contribution in [-0.2, 0) is 0 Å². The Hall–Kier alpha value is -1.31. The Morgan fingerprint density at radius 2 is 2.29 bits per heavy atom. The van der Waals surface area contributed by atoms with Crippen molar-refractivity contribution < 1.29 is 4.79 Å². The van der Waals surface area contributed by atoms with Gasteiger partial charge >= 0.3 is 0 Å². The number of carbonyl (C=O) groups excluding carboxylic acids is 1. The molecular weight excluding hydrogens is 280 g/mol. The van der Waals surface area contributed by atoms with Crippen LogP contribution in [-0.4, -0.2) is 30.4 Å². The Labute approximate surface area is 131 Å². The standard InChI is InChI=1S/C17H24N2OS/c1-13(2)14-5-4-9-19(10-7-14)17(20)15-11-16(21-12-15)6-3-8-18/h11-14H,4-5,7-10,18H2,1-2H3. The van der Waals surface area contributed by atoms with E-state index in [-0.39, 0.29) is 5.91 Å². The van der Waals surface area contributed by atoms with Gasteiger partial charge in [-0.05, 0) is 37.2 Å². The molecular formula is C17H24N2OS. The number of thiophene rings is 1. The number of carbonyl (C=O) groups is 1. The predicted octanol–water partition coefficient (Wildman–Crippen LogP) is 2.96. The van der Waals surface area contributed by atoms with E-state index in [1.54, 1.807) is 0 Å². The molecule has 1 aliphatic rings. The SMILES string of the molecule is CC(C)C1CCCN(C(=O)c2csc(C#CCN)c2)CC1. The van der Waals surface area contributed by atoms with Crippen molar-refractivity contribution in [3.8, 4) is 11.8 Å². The molecule has 1 fully saturated rings. The molecule has 1 saturated heterocycles. The first-order chi connectivity index (χ1) is 10.1. The normalized spacial score (nSPS) is 19.0. The lowest BCUT2D eigenvalue weighted by Gasteiger charge is -2.21. The number of hydrogen-bond donors (Lipinski definition) is 1. The second-order valence-electron chi connectivity index (χ2n) is 5.93. The second-order valence-corrected chi connectivity index (χ2v) is 6.84. The number of nitrogens with two attached hydrogens (primary N) is 1. The third-order valence-electron chi connectivity index (χ3n) is 4.16. The van der Waals surface area contributed by atoms with Crippen molar-refractivity contribution in [2.24, 2.45) is 17.6 Å². The minimum absolute atomic E-state index is 0.149. The summed E-state index contributed by atoms with van der Waals surface area (Å²) in [4.78, 5) is 15.5. The monoisotopic (exact) mass is 304 g/mol. The lowest BCUT2D eigenvalue weighted by atomic mass is 9.89. The van der Waals surface area contributed by atoms with Crippen LogP contribution in [0.5, 0.6) is 0 Å².